The summed E-state index contributed by atoms with van der Waals surface area (Å²) in [7, 11) is 0. The molecule has 4 rings (SSSR count). The molecule has 3 aromatic carbocycles. The van der Waals surface area contributed by atoms with Crippen LogP contribution in [0.15, 0.2) is 72.8 Å². The normalized spacial score (nSPS) is 13.0. The monoisotopic (exact) mass is 477 g/mol. The topological polar surface area (TPSA) is 55.8 Å². The van der Waals surface area contributed by atoms with E-state index < -0.39 is 12.2 Å². The second-order valence-corrected chi connectivity index (χ2v) is 8.79. The molecule has 0 heterocycles. The van der Waals surface area contributed by atoms with E-state index in [2.05, 4.69) is 18.7 Å². The fourth-order valence-corrected chi connectivity index (χ4v) is 4.38. The van der Waals surface area contributed by atoms with Crippen molar-refractivity contribution in [2.75, 3.05) is 12.5 Å². The number of halogens is 1. The van der Waals surface area contributed by atoms with Crippen LogP contribution in [0.25, 0.3) is 11.1 Å². The Hall–Kier alpha value is -3.15. The second kappa shape index (κ2) is 10.9. The van der Waals surface area contributed by atoms with E-state index in [9.17, 15) is 9.59 Å². The van der Waals surface area contributed by atoms with Crippen molar-refractivity contribution in [2.24, 2.45) is 0 Å². The Kier molecular flexibility index (Phi) is 7.66. The first-order valence-electron chi connectivity index (χ1n) is 11.4. The zero-order valence-corrected chi connectivity index (χ0v) is 20.1. The highest BCUT2D eigenvalue weighted by Crippen LogP contribution is 2.42. The Morgan fingerprint density at radius 3 is 2.29 bits per heavy atom. The summed E-state index contributed by atoms with van der Waals surface area (Å²) in [6.07, 6.45) is -0.0514. The Balaban J connectivity index is 1.52. The molecule has 0 bridgehead atoms. The quantitative estimate of drug-likeness (QED) is 0.167. The van der Waals surface area contributed by atoms with Crippen LogP contribution in [0.1, 0.15) is 41.8 Å². The molecular weight excluding hydrogens is 450 g/mol. The minimum Gasteiger partial charge on any atom is -0.493 e. The summed E-state index contributed by atoms with van der Waals surface area (Å²) in [5, 5.41) is 0. The van der Waals surface area contributed by atoms with E-state index in [0.29, 0.717) is 36.4 Å². The van der Waals surface area contributed by atoms with Gasteiger partial charge in [0.1, 0.15) is 11.6 Å². The van der Waals surface area contributed by atoms with Crippen LogP contribution in [0, 0.1) is 0 Å². The van der Waals surface area contributed by atoms with Crippen molar-refractivity contribution in [1.29, 1.82) is 0 Å². The third-order valence-corrected chi connectivity index (χ3v) is 6.17. The van der Waals surface area contributed by atoms with Gasteiger partial charge in [-0.25, -0.2) is 0 Å². The minimum atomic E-state index is -0.503. The van der Waals surface area contributed by atoms with Gasteiger partial charge in [-0.3, -0.25) is 14.5 Å². The highest BCUT2D eigenvalue weighted by molar-refractivity contribution is 6.26. The lowest BCUT2D eigenvalue weighted by atomic mass is 10.0. The largest absolute Gasteiger partial charge is 0.493 e. The lowest BCUT2D eigenvalue weighted by Gasteiger charge is -2.34. The molecule has 1 atom stereocenters. The fraction of sp³-hybridized carbons (Fsp3) is 0.286. The molecule has 176 valence electrons. The first-order valence-corrected chi connectivity index (χ1v) is 12.0. The third kappa shape index (κ3) is 5.16. The van der Waals surface area contributed by atoms with Crippen LogP contribution in [-0.4, -0.2) is 41.4 Å². The predicted octanol–water partition coefficient (Wildman–Crippen LogP) is 5.69. The van der Waals surface area contributed by atoms with Gasteiger partial charge in [-0.15, -0.1) is 11.6 Å². The lowest BCUT2D eigenvalue weighted by molar-refractivity contribution is -0.160. The second-order valence-electron chi connectivity index (χ2n) is 8.52. The molecule has 1 unspecified atom stereocenters. The number of fused-ring (bicyclic) bond motifs is 3. The van der Waals surface area contributed by atoms with Crippen LogP contribution >= 0.6 is 11.6 Å². The number of esters is 1. The number of rotatable bonds is 10. The van der Waals surface area contributed by atoms with Gasteiger partial charge < -0.3 is 9.47 Å². The number of ketones is 1. The maximum Gasteiger partial charge on any atom is 0.322 e. The maximum absolute atomic E-state index is 12.8. The Morgan fingerprint density at radius 1 is 0.912 bits per heavy atom. The van der Waals surface area contributed by atoms with Crippen LogP contribution in [-0.2, 0) is 16.1 Å². The summed E-state index contributed by atoms with van der Waals surface area (Å²) < 4.78 is 11.9. The Bertz CT molecular complexity index is 1160. The Labute approximate surface area is 205 Å². The number of nitrogens with zero attached hydrogens (tertiary/aromatic N) is 1. The van der Waals surface area contributed by atoms with Crippen LogP contribution in [0.3, 0.4) is 0 Å². The molecule has 1 aliphatic rings. The van der Waals surface area contributed by atoms with Crippen molar-refractivity contribution in [2.45, 2.75) is 39.1 Å². The number of carbonyl (C=O) groups excluding carboxylic acids is 2. The van der Waals surface area contributed by atoms with E-state index in [1.54, 1.807) is 0 Å². The number of alkyl halides is 1. The maximum atomic E-state index is 12.8. The van der Waals surface area contributed by atoms with Crippen LogP contribution < -0.4 is 4.74 Å². The highest BCUT2D eigenvalue weighted by Gasteiger charge is 2.30. The zero-order chi connectivity index (χ0) is 24.1. The molecule has 0 amide bonds. The van der Waals surface area contributed by atoms with Crippen molar-refractivity contribution < 1.29 is 19.1 Å². The number of carbonyl (C=O) groups is 2. The van der Waals surface area contributed by atoms with Gasteiger partial charge in [0.25, 0.3) is 0 Å². The van der Waals surface area contributed by atoms with Crippen LogP contribution in [0.2, 0.25) is 0 Å². The van der Waals surface area contributed by atoms with Crippen molar-refractivity contribution in [3.8, 4) is 16.9 Å². The van der Waals surface area contributed by atoms with Gasteiger partial charge in [0.2, 0.25) is 0 Å². The molecule has 5 nitrogen and oxygen atoms in total. The van der Waals surface area contributed by atoms with Crippen LogP contribution in [0.4, 0.5) is 0 Å². The molecular formula is C28H28ClNO4. The van der Waals surface area contributed by atoms with Gasteiger partial charge >= 0.3 is 5.97 Å². The van der Waals surface area contributed by atoms with Crippen LogP contribution in [0.5, 0.6) is 5.75 Å². The molecule has 6 heteroatoms. The van der Waals surface area contributed by atoms with Gasteiger partial charge in [0.05, 0.1) is 6.61 Å². The summed E-state index contributed by atoms with van der Waals surface area (Å²) >= 11 is 5.74. The minimum absolute atomic E-state index is 0.0128. The third-order valence-electron chi connectivity index (χ3n) is 5.95. The molecule has 0 aliphatic heterocycles. The number of benzene rings is 3. The molecule has 34 heavy (non-hydrogen) atoms. The molecule has 0 radical (unpaired) electrons. The molecule has 0 saturated carbocycles. The predicted molar refractivity (Wildman–Crippen MR) is 133 cm³/mol. The SMILES string of the molecule is CC(C)N(Cc1ccccc1)C(CCOc1cccc2c1-c1ccccc1C2=O)OC(=O)CCl. The average Bonchev–Trinajstić information content (AvgIpc) is 3.15. The number of ether oxygens (including phenoxy) is 2. The van der Waals surface area contributed by atoms with E-state index in [4.69, 9.17) is 21.1 Å². The fourth-order valence-electron chi connectivity index (χ4n) is 4.32. The van der Waals surface area contributed by atoms with Crippen molar-refractivity contribution in [3.63, 3.8) is 0 Å². The van der Waals surface area contributed by atoms with E-state index in [1.165, 1.54) is 0 Å². The van der Waals surface area contributed by atoms with Gasteiger partial charge in [-0.2, -0.15) is 0 Å². The summed E-state index contributed by atoms with van der Waals surface area (Å²) in [6, 6.07) is 23.3. The average molecular weight is 478 g/mol. The van der Waals surface area contributed by atoms with Crippen molar-refractivity contribution in [3.05, 3.63) is 89.5 Å². The zero-order valence-electron chi connectivity index (χ0n) is 19.4. The number of hydrogen-bond acceptors (Lipinski definition) is 5. The molecule has 0 saturated heterocycles. The summed E-state index contributed by atoms with van der Waals surface area (Å²) in [5.74, 6) is -0.0126. The molecule has 0 aromatic heterocycles. The highest BCUT2D eigenvalue weighted by atomic mass is 35.5. The van der Waals surface area contributed by atoms with E-state index in [-0.39, 0.29) is 17.7 Å². The molecule has 0 spiro atoms. The first-order chi connectivity index (χ1) is 16.5. The van der Waals surface area contributed by atoms with Gasteiger partial charge in [-0.05, 0) is 31.0 Å². The van der Waals surface area contributed by atoms with Gasteiger partial charge in [0, 0.05) is 35.7 Å². The van der Waals surface area contributed by atoms with Gasteiger partial charge in [0.15, 0.2) is 12.0 Å². The van der Waals surface area contributed by atoms with E-state index in [1.807, 2.05) is 72.8 Å². The summed E-state index contributed by atoms with van der Waals surface area (Å²) in [5.41, 5.74) is 4.17. The van der Waals surface area contributed by atoms with Gasteiger partial charge in [-0.1, -0.05) is 66.7 Å². The van der Waals surface area contributed by atoms with Crippen molar-refractivity contribution in [1.82, 2.24) is 4.90 Å². The Morgan fingerprint density at radius 2 is 1.59 bits per heavy atom. The molecule has 1 aliphatic carbocycles. The smallest absolute Gasteiger partial charge is 0.322 e. The van der Waals surface area contributed by atoms with Crippen molar-refractivity contribution >= 4 is 23.4 Å². The molecule has 0 N–H and O–H groups in total. The molecule has 0 fully saturated rings. The standard InChI is InChI=1S/C28H28ClNO4/c1-19(2)30(18-20-9-4-3-5-10-20)25(34-26(31)17-29)15-16-33-24-14-8-13-23-27(24)21-11-6-7-12-22(21)28(23)32/h3-14,19,25H,15-18H2,1-2H3. The molecule has 3 aromatic rings. The van der Waals surface area contributed by atoms with E-state index >= 15 is 0 Å². The summed E-state index contributed by atoms with van der Waals surface area (Å²) in [4.78, 5) is 27.0. The number of hydrogen-bond donors (Lipinski definition) is 0. The first kappa shape index (κ1) is 24.0. The summed E-state index contributed by atoms with van der Waals surface area (Å²) in [6.45, 7) is 5.07. The van der Waals surface area contributed by atoms with E-state index in [0.717, 1.165) is 16.7 Å². The lowest BCUT2D eigenvalue weighted by Crippen LogP contribution is -2.43.